The third-order valence-electron chi connectivity index (χ3n) is 3.02. The molecule has 0 bridgehead atoms. The van der Waals surface area contributed by atoms with Crippen molar-refractivity contribution in [2.24, 2.45) is 0 Å². The Bertz CT molecular complexity index is 552. The highest BCUT2D eigenvalue weighted by atomic mass is 32.2. The Kier molecular flexibility index (Phi) is 4.74. The lowest BCUT2D eigenvalue weighted by atomic mass is 10.1. The number of hydrogen-bond acceptors (Lipinski definition) is 3. The first kappa shape index (κ1) is 13.8. The van der Waals surface area contributed by atoms with Crippen LogP contribution in [0.25, 0.3) is 0 Å². The zero-order valence-electron chi connectivity index (χ0n) is 11.2. The fraction of sp³-hybridized carbons (Fsp3) is 0.250. The molecule has 0 amide bonds. The van der Waals surface area contributed by atoms with E-state index in [4.69, 9.17) is 11.5 Å². The third-order valence-corrected chi connectivity index (χ3v) is 4.28. The van der Waals surface area contributed by atoms with Crippen LogP contribution >= 0.6 is 11.8 Å². The molecule has 0 heterocycles. The molecule has 0 spiro atoms. The van der Waals surface area contributed by atoms with Gasteiger partial charge in [-0.3, -0.25) is 0 Å². The Hall–Kier alpha value is -1.61. The zero-order chi connectivity index (χ0) is 13.7. The van der Waals surface area contributed by atoms with Crippen molar-refractivity contribution in [3.63, 3.8) is 0 Å². The van der Waals surface area contributed by atoms with Gasteiger partial charge in [-0.05, 0) is 67.0 Å². The molecule has 2 aromatic carbocycles. The van der Waals surface area contributed by atoms with Crippen molar-refractivity contribution in [2.45, 2.75) is 24.7 Å². The van der Waals surface area contributed by atoms with Crippen molar-refractivity contribution >= 4 is 23.1 Å². The van der Waals surface area contributed by atoms with Gasteiger partial charge in [-0.25, -0.2) is 0 Å². The molecule has 4 N–H and O–H groups in total. The second kappa shape index (κ2) is 6.53. The number of thioether (sulfide) groups is 1. The number of nitrogen functional groups attached to an aromatic ring is 2. The van der Waals surface area contributed by atoms with Crippen LogP contribution in [0.2, 0.25) is 0 Å². The van der Waals surface area contributed by atoms with Gasteiger partial charge in [-0.2, -0.15) is 0 Å². The lowest BCUT2D eigenvalue weighted by molar-refractivity contribution is 0.933. The minimum atomic E-state index is 0.835. The van der Waals surface area contributed by atoms with Gasteiger partial charge in [0.2, 0.25) is 0 Å². The second-order valence-electron chi connectivity index (χ2n) is 4.72. The summed E-state index contributed by atoms with van der Waals surface area (Å²) in [4.78, 5) is 1.32. The maximum absolute atomic E-state index is 5.77. The molecule has 0 aliphatic carbocycles. The van der Waals surface area contributed by atoms with E-state index in [1.807, 2.05) is 36.0 Å². The molecule has 0 fully saturated rings. The molecule has 0 unspecified atom stereocenters. The summed E-state index contributed by atoms with van der Waals surface area (Å²) in [6, 6.07) is 14.2. The van der Waals surface area contributed by atoms with E-state index < -0.39 is 0 Å². The maximum atomic E-state index is 5.77. The molecule has 100 valence electrons. The largest absolute Gasteiger partial charge is 0.399 e. The fourth-order valence-electron chi connectivity index (χ4n) is 2.04. The lowest BCUT2D eigenvalue weighted by Crippen LogP contribution is -1.92. The van der Waals surface area contributed by atoms with Gasteiger partial charge in [-0.1, -0.05) is 12.1 Å². The van der Waals surface area contributed by atoms with Crippen molar-refractivity contribution in [1.29, 1.82) is 0 Å². The van der Waals surface area contributed by atoms with Crippen molar-refractivity contribution in [2.75, 3.05) is 17.2 Å². The monoisotopic (exact) mass is 272 g/mol. The quantitative estimate of drug-likeness (QED) is 0.493. The first-order chi connectivity index (χ1) is 9.15. The van der Waals surface area contributed by atoms with Gasteiger partial charge in [-0.15, -0.1) is 11.8 Å². The van der Waals surface area contributed by atoms with E-state index in [0.29, 0.717) is 0 Å². The van der Waals surface area contributed by atoms with E-state index in [1.54, 1.807) is 0 Å². The van der Waals surface area contributed by atoms with Crippen LogP contribution in [0, 0.1) is 6.92 Å². The molecular weight excluding hydrogens is 252 g/mol. The van der Waals surface area contributed by atoms with E-state index >= 15 is 0 Å². The molecule has 0 atom stereocenters. The standard InChI is InChI=1S/C16H20N2S/c1-12-10-15(18)7-8-16(12)19-9-3-5-13-4-2-6-14(17)11-13/h2,4,6-8,10-11H,3,5,9,17-18H2,1H3. The third kappa shape index (κ3) is 4.21. The van der Waals surface area contributed by atoms with E-state index in [9.17, 15) is 0 Å². The summed E-state index contributed by atoms with van der Waals surface area (Å²) < 4.78 is 0. The molecule has 0 saturated carbocycles. The predicted molar refractivity (Wildman–Crippen MR) is 85.5 cm³/mol. The molecule has 19 heavy (non-hydrogen) atoms. The van der Waals surface area contributed by atoms with Crippen molar-refractivity contribution in [3.8, 4) is 0 Å². The first-order valence-electron chi connectivity index (χ1n) is 6.48. The SMILES string of the molecule is Cc1cc(N)ccc1SCCCc1cccc(N)c1. The average molecular weight is 272 g/mol. The van der Waals surface area contributed by atoms with Crippen molar-refractivity contribution in [3.05, 3.63) is 53.6 Å². The van der Waals surface area contributed by atoms with Gasteiger partial charge in [0.1, 0.15) is 0 Å². The Morgan fingerprint density at radius 2 is 1.79 bits per heavy atom. The van der Waals surface area contributed by atoms with Crippen LogP contribution in [0.1, 0.15) is 17.5 Å². The van der Waals surface area contributed by atoms with E-state index in [2.05, 4.69) is 25.1 Å². The van der Waals surface area contributed by atoms with Gasteiger partial charge in [0.15, 0.2) is 0 Å². The van der Waals surface area contributed by atoms with Gasteiger partial charge in [0.05, 0.1) is 0 Å². The highest BCUT2D eigenvalue weighted by Gasteiger charge is 2.00. The smallest absolute Gasteiger partial charge is 0.0317 e. The van der Waals surface area contributed by atoms with Crippen LogP contribution < -0.4 is 11.5 Å². The summed E-state index contributed by atoms with van der Waals surface area (Å²) in [5, 5.41) is 0. The van der Waals surface area contributed by atoms with E-state index in [1.165, 1.54) is 16.0 Å². The Morgan fingerprint density at radius 1 is 1.00 bits per heavy atom. The normalized spacial score (nSPS) is 10.6. The van der Waals surface area contributed by atoms with Crippen LogP contribution in [-0.2, 0) is 6.42 Å². The summed E-state index contributed by atoms with van der Waals surface area (Å²) in [6.45, 7) is 2.11. The highest BCUT2D eigenvalue weighted by molar-refractivity contribution is 7.99. The first-order valence-corrected chi connectivity index (χ1v) is 7.47. The molecule has 0 aromatic heterocycles. The van der Waals surface area contributed by atoms with Gasteiger partial charge in [0, 0.05) is 16.3 Å². The Morgan fingerprint density at radius 3 is 2.53 bits per heavy atom. The van der Waals surface area contributed by atoms with Crippen molar-refractivity contribution < 1.29 is 0 Å². The van der Waals surface area contributed by atoms with Crippen LogP contribution in [-0.4, -0.2) is 5.75 Å². The van der Waals surface area contributed by atoms with Crippen LogP contribution in [0.3, 0.4) is 0 Å². The molecule has 0 aliphatic heterocycles. The topological polar surface area (TPSA) is 52.0 Å². The van der Waals surface area contributed by atoms with Gasteiger partial charge in [0.25, 0.3) is 0 Å². The highest BCUT2D eigenvalue weighted by Crippen LogP contribution is 2.25. The summed E-state index contributed by atoms with van der Waals surface area (Å²) in [6.07, 6.45) is 2.23. The Labute approximate surface area is 119 Å². The molecule has 0 aliphatic rings. The second-order valence-corrected chi connectivity index (χ2v) is 5.86. The number of rotatable bonds is 5. The lowest BCUT2D eigenvalue weighted by Gasteiger charge is -2.07. The summed E-state index contributed by atoms with van der Waals surface area (Å²) >= 11 is 1.89. The molecule has 2 aromatic rings. The van der Waals surface area contributed by atoms with Crippen LogP contribution in [0.15, 0.2) is 47.4 Å². The number of nitrogens with two attached hydrogens (primary N) is 2. The molecule has 2 nitrogen and oxygen atoms in total. The molecule has 2 rings (SSSR count). The number of aryl methyl sites for hydroxylation is 2. The van der Waals surface area contributed by atoms with Crippen molar-refractivity contribution in [1.82, 2.24) is 0 Å². The average Bonchev–Trinajstić information content (AvgIpc) is 2.37. The summed E-state index contributed by atoms with van der Waals surface area (Å²) in [5.41, 5.74) is 15.8. The Balaban J connectivity index is 1.81. The van der Waals surface area contributed by atoms with Gasteiger partial charge < -0.3 is 11.5 Å². The number of hydrogen-bond donors (Lipinski definition) is 2. The van der Waals surface area contributed by atoms with E-state index in [0.717, 1.165) is 30.0 Å². The fourth-order valence-corrected chi connectivity index (χ4v) is 3.00. The maximum Gasteiger partial charge on any atom is 0.0317 e. The summed E-state index contributed by atoms with van der Waals surface area (Å²) in [5.74, 6) is 1.11. The predicted octanol–water partition coefficient (Wildman–Crippen LogP) is 3.88. The summed E-state index contributed by atoms with van der Waals surface area (Å²) in [7, 11) is 0. The molecule has 0 radical (unpaired) electrons. The number of anilines is 2. The minimum absolute atomic E-state index is 0.835. The van der Waals surface area contributed by atoms with Crippen LogP contribution in [0.5, 0.6) is 0 Å². The molecule has 0 saturated heterocycles. The molecular formula is C16H20N2S. The molecule has 3 heteroatoms. The van der Waals surface area contributed by atoms with Gasteiger partial charge >= 0.3 is 0 Å². The van der Waals surface area contributed by atoms with Crippen LogP contribution in [0.4, 0.5) is 11.4 Å². The minimum Gasteiger partial charge on any atom is -0.399 e. The zero-order valence-corrected chi connectivity index (χ0v) is 12.0. The van der Waals surface area contributed by atoms with E-state index in [-0.39, 0.29) is 0 Å². The number of benzene rings is 2.